The highest BCUT2D eigenvalue weighted by molar-refractivity contribution is 5.57. The monoisotopic (exact) mass is 322 g/mol. The normalized spacial score (nSPS) is 17.0. The fourth-order valence-corrected chi connectivity index (χ4v) is 3.57. The molecule has 24 heavy (non-hydrogen) atoms. The van der Waals surface area contributed by atoms with Gasteiger partial charge in [0.2, 0.25) is 0 Å². The Morgan fingerprint density at radius 2 is 1.79 bits per heavy atom. The predicted molar refractivity (Wildman–Crippen MR) is 92.8 cm³/mol. The lowest BCUT2D eigenvalue weighted by molar-refractivity contribution is -0.0111. The first kappa shape index (κ1) is 15.1. The molecule has 0 amide bonds. The molecule has 1 aliphatic carbocycles. The summed E-state index contributed by atoms with van der Waals surface area (Å²) in [4.78, 5) is 4.50. The highest BCUT2D eigenvalue weighted by atomic mass is 16.3. The Morgan fingerprint density at radius 3 is 2.50 bits per heavy atom. The molecule has 2 aromatic heterocycles. The van der Waals surface area contributed by atoms with Crippen LogP contribution in [0.4, 0.5) is 0 Å². The second-order valence-electron chi connectivity index (χ2n) is 6.66. The van der Waals surface area contributed by atoms with Gasteiger partial charge in [0.05, 0.1) is 17.8 Å². The summed E-state index contributed by atoms with van der Waals surface area (Å²) in [5.74, 6) is 0.904. The molecule has 3 aromatic rings. The van der Waals surface area contributed by atoms with Crippen molar-refractivity contribution in [3.05, 3.63) is 55.1 Å². The van der Waals surface area contributed by atoms with Crippen molar-refractivity contribution < 1.29 is 5.11 Å². The molecule has 4 rings (SSSR count). The third-order valence-corrected chi connectivity index (χ3v) is 4.86. The van der Waals surface area contributed by atoms with Crippen LogP contribution in [-0.2, 0) is 6.54 Å². The molecule has 5 heteroatoms. The summed E-state index contributed by atoms with van der Waals surface area (Å²) in [6, 6.07) is 10.1. The fraction of sp³-hybridized carbons (Fsp3) is 0.368. The van der Waals surface area contributed by atoms with Gasteiger partial charge in [-0.3, -0.25) is 0 Å². The largest absolute Gasteiger partial charge is 0.388 e. The van der Waals surface area contributed by atoms with E-state index >= 15 is 0 Å². The Kier molecular flexibility index (Phi) is 3.94. The van der Waals surface area contributed by atoms with Gasteiger partial charge < -0.3 is 9.67 Å². The Morgan fingerprint density at radius 1 is 1.00 bits per heavy atom. The number of hydrogen-bond acceptors (Lipinski definition) is 3. The number of aliphatic hydroxyl groups is 1. The third kappa shape index (κ3) is 2.99. The zero-order chi connectivity index (χ0) is 16.4. The Balaban J connectivity index is 1.58. The summed E-state index contributed by atoms with van der Waals surface area (Å²) < 4.78 is 3.91. The van der Waals surface area contributed by atoms with Crippen LogP contribution in [0.25, 0.3) is 17.1 Å². The molecule has 124 valence electrons. The molecule has 1 fully saturated rings. The Bertz CT molecular complexity index is 783. The van der Waals surface area contributed by atoms with Gasteiger partial charge in [-0.05, 0) is 43.2 Å². The van der Waals surface area contributed by atoms with Crippen LogP contribution < -0.4 is 0 Å². The number of aromatic nitrogens is 4. The molecule has 0 unspecified atom stereocenters. The molecule has 1 aliphatic rings. The molecule has 0 atom stereocenters. The standard InChI is InChI=1S/C19H22N4O/c24-19(9-2-1-3-10-19)15-22-14-12-20-18(22)16-5-7-17(8-6-16)23-13-4-11-21-23/h4-8,11-14,24H,1-3,9-10,15H2. The molecule has 2 heterocycles. The van der Waals surface area contributed by atoms with Crippen molar-refractivity contribution in [1.82, 2.24) is 19.3 Å². The molecular weight excluding hydrogens is 300 g/mol. The maximum atomic E-state index is 10.8. The van der Waals surface area contributed by atoms with Crippen LogP contribution in [-0.4, -0.2) is 30.0 Å². The first-order chi connectivity index (χ1) is 11.7. The van der Waals surface area contributed by atoms with E-state index < -0.39 is 5.60 Å². The van der Waals surface area contributed by atoms with Crippen LogP contribution in [0.3, 0.4) is 0 Å². The number of hydrogen-bond donors (Lipinski definition) is 1. The second-order valence-corrected chi connectivity index (χ2v) is 6.66. The average molecular weight is 322 g/mol. The van der Waals surface area contributed by atoms with E-state index in [9.17, 15) is 5.11 Å². The van der Waals surface area contributed by atoms with Crippen molar-refractivity contribution in [3.8, 4) is 17.1 Å². The molecule has 0 saturated heterocycles. The number of benzene rings is 1. The van der Waals surface area contributed by atoms with Crippen molar-refractivity contribution in [2.24, 2.45) is 0 Å². The van der Waals surface area contributed by atoms with E-state index in [0.29, 0.717) is 6.54 Å². The highest BCUT2D eigenvalue weighted by Gasteiger charge is 2.30. The molecule has 1 N–H and O–H groups in total. The van der Waals surface area contributed by atoms with Gasteiger partial charge in [0.1, 0.15) is 5.82 Å². The van der Waals surface area contributed by atoms with Crippen molar-refractivity contribution in [2.45, 2.75) is 44.2 Å². The van der Waals surface area contributed by atoms with E-state index in [1.807, 2.05) is 41.5 Å². The quantitative estimate of drug-likeness (QED) is 0.800. The molecule has 0 aliphatic heterocycles. The van der Waals surface area contributed by atoms with E-state index in [4.69, 9.17) is 0 Å². The lowest BCUT2D eigenvalue weighted by Crippen LogP contribution is -2.36. The van der Waals surface area contributed by atoms with Gasteiger partial charge in [0.15, 0.2) is 0 Å². The molecule has 5 nitrogen and oxygen atoms in total. The summed E-state index contributed by atoms with van der Waals surface area (Å²) in [5, 5.41) is 15.1. The zero-order valence-electron chi connectivity index (χ0n) is 13.7. The van der Waals surface area contributed by atoms with Gasteiger partial charge in [-0.2, -0.15) is 5.10 Å². The lowest BCUT2D eigenvalue weighted by Gasteiger charge is -2.32. The Labute approximate surface area is 141 Å². The van der Waals surface area contributed by atoms with Gasteiger partial charge in [-0.1, -0.05) is 19.3 Å². The van der Waals surface area contributed by atoms with Crippen molar-refractivity contribution in [2.75, 3.05) is 0 Å². The van der Waals surface area contributed by atoms with E-state index in [-0.39, 0.29) is 0 Å². The van der Waals surface area contributed by atoms with Crippen LogP contribution >= 0.6 is 0 Å². The third-order valence-electron chi connectivity index (χ3n) is 4.86. The summed E-state index contributed by atoms with van der Waals surface area (Å²) in [6.45, 7) is 0.614. The molecule has 0 radical (unpaired) electrons. The van der Waals surface area contributed by atoms with Crippen LogP contribution in [0.5, 0.6) is 0 Å². The van der Waals surface area contributed by atoms with Gasteiger partial charge in [-0.25, -0.2) is 9.67 Å². The van der Waals surface area contributed by atoms with Crippen molar-refractivity contribution in [1.29, 1.82) is 0 Å². The average Bonchev–Trinajstić information content (AvgIpc) is 3.27. The maximum absolute atomic E-state index is 10.8. The molecule has 1 saturated carbocycles. The SMILES string of the molecule is OC1(Cn2ccnc2-c2ccc(-n3cccn3)cc2)CCCCC1. The van der Waals surface area contributed by atoms with E-state index in [1.165, 1.54) is 6.42 Å². The smallest absolute Gasteiger partial charge is 0.139 e. The van der Waals surface area contributed by atoms with Crippen LogP contribution in [0.2, 0.25) is 0 Å². The summed E-state index contributed by atoms with van der Waals surface area (Å²) in [5.41, 5.74) is 1.48. The van der Waals surface area contributed by atoms with Crippen LogP contribution in [0, 0.1) is 0 Å². The fourth-order valence-electron chi connectivity index (χ4n) is 3.57. The summed E-state index contributed by atoms with van der Waals surface area (Å²) >= 11 is 0. The van der Waals surface area contributed by atoms with E-state index in [0.717, 1.165) is 42.8 Å². The summed E-state index contributed by atoms with van der Waals surface area (Å²) in [6.07, 6.45) is 12.7. The van der Waals surface area contributed by atoms with Crippen molar-refractivity contribution in [3.63, 3.8) is 0 Å². The number of imidazole rings is 1. The highest BCUT2D eigenvalue weighted by Crippen LogP contribution is 2.31. The lowest BCUT2D eigenvalue weighted by atomic mass is 9.85. The van der Waals surface area contributed by atoms with E-state index in [2.05, 4.69) is 26.8 Å². The van der Waals surface area contributed by atoms with Crippen LogP contribution in [0.1, 0.15) is 32.1 Å². The Hall–Kier alpha value is -2.40. The van der Waals surface area contributed by atoms with E-state index in [1.54, 1.807) is 6.20 Å². The maximum Gasteiger partial charge on any atom is 0.139 e. The summed E-state index contributed by atoms with van der Waals surface area (Å²) in [7, 11) is 0. The topological polar surface area (TPSA) is 55.9 Å². The molecule has 1 aromatic carbocycles. The minimum atomic E-state index is -0.595. The minimum Gasteiger partial charge on any atom is -0.388 e. The molecule has 0 spiro atoms. The molecule has 0 bridgehead atoms. The van der Waals surface area contributed by atoms with Gasteiger partial charge in [0, 0.05) is 30.4 Å². The minimum absolute atomic E-state index is 0.595. The van der Waals surface area contributed by atoms with Gasteiger partial charge in [0.25, 0.3) is 0 Å². The number of rotatable bonds is 4. The van der Waals surface area contributed by atoms with Gasteiger partial charge in [-0.15, -0.1) is 0 Å². The predicted octanol–water partition coefficient (Wildman–Crippen LogP) is 3.43. The first-order valence-electron chi connectivity index (χ1n) is 8.58. The molecular formula is C19H22N4O. The van der Waals surface area contributed by atoms with Crippen LogP contribution in [0.15, 0.2) is 55.1 Å². The zero-order valence-corrected chi connectivity index (χ0v) is 13.7. The van der Waals surface area contributed by atoms with Gasteiger partial charge >= 0.3 is 0 Å². The number of nitrogens with zero attached hydrogens (tertiary/aromatic N) is 4. The first-order valence-corrected chi connectivity index (χ1v) is 8.58. The van der Waals surface area contributed by atoms with Crippen molar-refractivity contribution >= 4 is 0 Å². The second kappa shape index (κ2) is 6.24.